The SMILES string of the molecule is COC(=O)C1(C(=O)N(C)c2ccc[nH]2)COC1. The molecule has 0 spiro atoms. The molecule has 0 radical (unpaired) electrons. The zero-order valence-electron chi connectivity index (χ0n) is 9.73. The number of ether oxygens (including phenoxy) is 2. The molecule has 0 saturated carbocycles. The minimum Gasteiger partial charge on any atom is -0.468 e. The molecule has 1 aromatic heterocycles. The van der Waals surface area contributed by atoms with Crippen LogP contribution in [0.1, 0.15) is 0 Å². The quantitative estimate of drug-likeness (QED) is 0.601. The molecule has 1 aromatic rings. The smallest absolute Gasteiger partial charge is 0.326 e. The predicted octanol–water partition coefficient (Wildman–Crippen LogP) is 0.167. The first-order valence-corrected chi connectivity index (χ1v) is 5.19. The number of hydrogen-bond donors (Lipinski definition) is 1. The summed E-state index contributed by atoms with van der Waals surface area (Å²) in [6, 6.07) is 3.53. The van der Waals surface area contributed by atoms with E-state index in [9.17, 15) is 9.59 Å². The number of nitrogens with one attached hydrogen (secondary N) is 1. The minimum atomic E-state index is -1.19. The Labute approximate surface area is 98.5 Å². The molecular weight excluding hydrogens is 224 g/mol. The Hall–Kier alpha value is -1.82. The Balaban J connectivity index is 2.21. The number of carbonyl (C=O) groups excluding carboxylic acids is 2. The zero-order valence-corrected chi connectivity index (χ0v) is 9.73. The molecule has 0 bridgehead atoms. The summed E-state index contributed by atoms with van der Waals surface area (Å²) in [4.78, 5) is 28.3. The van der Waals surface area contributed by atoms with Crippen LogP contribution in [0.5, 0.6) is 0 Å². The van der Waals surface area contributed by atoms with Crippen LogP contribution >= 0.6 is 0 Å². The largest absolute Gasteiger partial charge is 0.468 e. The second-order valence-electron chi connectivity index (χ2n) is 3.99. The van der Waals surface area contributed by atoms with Crippen LogP contribution in [0.3, 0.4) is 0 Å². The van der Waals surface area contributed by atoms with Gasteiger partial charge in [0.2, 0.25) is 5.91 Å². The van der Waals surface area contributed by atoms with Crippen molar-refractivity contribution in [2.45, 2.75) is 0 Å². The van der Waals surface area contributed by atoms with E-state index >= 15 is 0 Å². The summed E-state index contributed by atoms with van der Waals surface area (Å²) in [6.45, 7) is 0.146. The first kappa shape index (κ1) is 11.7. The molecule has 92 valence electrons. The van der Waals surface area contributed by atoms with E-state index in [2.05, 4.69) is 9.72 Å². The van der Waals surface area contributed by atoms with Gasteiger partial charge in [0.1, 0.15) is 5.82 Å². The van der Waals surface area contributed by atoms with Gasteiger partial charge >= 0.3 is 5.97 Å². The Morgan fingerprint density at radius 3 is 2.65 bits per heavy atom. The molecule has 6 heteroatoms. The molecule has 2 rings (SSSR count). The maximum atomic E-state index is 12.3. The summed E-state index contributed by atoms with van der Waals surface area (Å²) in [5.74, 6) is -0.240. The number of carbonyl (C=O) groups is 2. The maximum Gasteiger partial charge on any atom is 0.326 e. The van der Waals surface area contributed by atoms with Crippen molar-refractivity contribution in [1.29, 1.82) is 0 Å². The zero-order chi connectivity index (χ0) is 12.5. The van der Waals surface area contributed by atoms with Crippen LogP contribution < -0.4 is 4.90 Å². The highest BCUT2D eigenvalue weighted by Gasteiger charge is 2.55. The molecule has 0 unspecified atom stereocenters. The maximum absolute atomic E-state index is 12.3. The molecule has 1 aliphatic heterocycles. The molecule has 0 aliphatic carbocycles. The Morgan fingerprint density at radius 1 is 1.53 bits per heavy atom. The standard InChI is InChI=1S/C11H14N2O4/c1-13(8-4-3-5-12-8)9(14)11(6-17-7-11)10(15)16-2/h3-5,12H,6-7H2,1-2H3. The van der Waals surface area contributed by atoms with Gasteiger partial charge in [-0.25, -0.2) is 0 Å². The van der Waals surface area contributed by atoms with E-state index in [-0.39, 0.29) is 19.1 Å². The van der Waals surface area contributed by atoms with E-state index in [0.29, 0.717) is 5.82 Å². The van der Waals surface area contributed by atoms with Gasteiger partial charge in [0.25, 0.3) is 0 Å². The van der Waals surface area contributed by atoms with Gasteiger partial charge in [0.05, 0.1) is 20.3 Å². The van der Waals surface area contributed by atoms with Gasteiger partial charge in [-0.05, 0) is 12.1 Å². The number of rotatable bonds is 3. The van der Waals surface area contributed by atoms with Crippen molar-refractivity contribution in [2.24, 2.45) is 5.41 Å². The van der Waals surface area contributed by atoms with Crippen LogP contribution in [0.25, 0.3) is 0 Å². The van der Waals surface area contributed by atoms with Gasteiger partial charge in [-0.3, -0.25) is 9.59 Å². The molecule has 1 N–H and O–H groups in total. The number of methoxy groups -OCH3 is 1. The van der Waals surface area contributed by atoms with Crippen molar-refractivity contribution < 1.29 is 19.1 Å². The van der Waals surface area contributed by atoms with Gasteiger partial charge in [-0.15, -0.1) is 0 Å². The highest BCUT2D eigenvalue weighted by atomic mass is 16.5. The van der Waals surface area contributed by atoms with Crippen molar-refractivity contribution in [3.8, 4) is 0 Å². The second-order valence-corrected chi connectivity index (χ2v) is 3.99. The summed E-state index contributed by atoms with van der Waals surface area (Å²) < 4.78 is 9.66. The van der Waals surface area contributed by atoms with Crippen molar-refractivity contribution in [3.63, 3.8) is 0 Å². The first-order chi connectivity index (χ1) is 8.12. The van der Waals surface area contributed by atoms with Crippen LogP contribution in [0.2, 0.25) is 0 Å². The van der Waals surface area contributed by atoms with Gasteiger partial charge < -0.3 is 19.4 Å². The molecular formula is C11H14N2O4. The number of aromatic nitrogens is 1. The van der Waals surface area contributed by atoms with E-state index in [0.717, 1.165) is 0 Å². The number of esters is 1. The topological polar surface area (TPSA) is 71.6 Å². The molecule has 1 fully saturated rings. The highest BCUT2D eigenvalue weighted by Crippen LogP contribution is 2.32. The third kappa shape index (κ3) is 1.70. The molecule has 0 atom stereocenters. The Morgan fingerprint density at radius 2 is 2.24 bits per heavy atom. The Kier molecular flexibility index (Phi) is 2.89. The molecule has 1 aliphatic rings. The third-order valence-electron chi connectivity index (χ3n) is 2.93. The fourth-order valence-corrected chi connectivity index (χ4v) is 1.79. The van der Waals surface area contributed by atoms with Gasteiger partial charge in [0.15, 0.2) is 5.41 Å². The summed E-state index contributed by atoms with van der Waals surface area (Å²) in [5, 5.41) is 0. The second kappa shape index (κ2) is 4.21. The number of aromatic amines is 1. The average molecular weight is 238 g/mol. The van der Waals surface area contributed by atoms with E-state index in [1.54, 1.807) is 25.4 Å². The first-order valence-electron chi connectivity index (χ1n) is 5.19. The number of anilines is 1. The monoisotopic (exact) mass is 238 g/mol. The van der Waals surface area contributed by atoms with E-state index < -0.39 is 11.4 Å². The lowest BCUT2D eigenvalue weighted by Crippen LogP contribution is -2.59. The number of amides is 1. The van der Waals surface area contributed by atoms with Gasteiger partial charge in [0, 0.05) is 13.2 Å². The van der Waals surface area contributed by atoms with Crippen molar-refractivity contribution in [3.05, 3.63) is 18.3 Å². The molecule has 17 heavy (non-hydrogen) atoms. The highest BCUT2D eigenvalue weighted by molar-refractivity contribution is 6.10. The van der Waals surface area contributed by atoms with E-state index in [4.69, 9.17) is 4.74 Å². The van der Waals surface area contributed by atoms with Crippen molar-refractivity contribution >= 4 is 17.7 Å². The van der Waals surface area contributed by atoms with Crippen LogP contribution in [0, 0.1) is 5.41 Å². The van der Waals surface area contributed by atoms with Crippen molar-refractivity contribution in [2.75, 3.05) is 32.3 Å². The van der Waals surface area contributed by atoms with Crippen LogP contribution in [0.4, 0.5) is 5.82 Å². The van der Waals surface area contributed by atoms with Gasteiger partial charge in [-0.1, -0.05) is 0 Å². The normalized spacial score (nSPS) is 17.1. The van der Waals surface area contributed by atoms with Crippen molar-refractivity contribution in [1.82, 2.24) is 4.98 Å². The van der Waals surface area contributed by atoms with E-state index in [1.807, 2.05) is 0 Å². The lowest BCUT2D eigenvalue weighted by molar-refractivity contribution is -0.186. The summed E-state index contributed by atoms with van der Waals surface area (Å²) >= 11 is 0. The molecule has 6 nitrogen and oxygen atoms in total. The fourth-order valence-electron chi connectivity index (χ4n) is 1.79. The minimum absolute atomic E-state index is 0.0730. The van der Waals surface area contributed by atoms with E-state index in [1.165, 1.54) is 12.0 Å². The lowest BCUT2D eigenvalue weighted by Gasteiger charge is -2.38. The van der Waals surface area contributed by atoms with Crippen LogP contribution in [0.15, 0.2) is 18.3 Å². The molecule has 0 aromatic carbocycles. The molecule has 1 amide bonds. The Bertz CT molecular complexity index is 423. The summed E-state index contributed by atoms with van der Waals surface area (Å²) in [6.07, 6.45) is 1.71. The number of nitrogens with zero attached hydrogens (tertiary/aromatic N) is 1. The molecule has 1 saturated heterocycles. The summed E-state index contributed by atoms with van der Waals surface area (Å²) in [5.41, 5.74) is -1.19. The number of hydrogen-bond acceptors (Lipinski definition) is 4. The lowest BCUT2D eigenvalue weighted by atomic mass is 9.84. The fraction of sp³-hybridized carbons (Fsp3) is 0.455. The van der Waals surface area contributed by atoms with Gasteiger partial charge in [-0.2, -0.15) is 0 Å². The third-order valence-corrected chi connectivity index (χ3v) is 2.93. The molecule has 2 heterocycles. The summed E-state index contributed by atoms with van der Waals surface area (Å²) in [7, 11) is 2.88. The predicted molar refractivity (Wildman–Crippen MR) is 59.5 cm³/mol. The average Bonchev–Trinajstić information content (AvgIpc) is 2.79. The number of H-pyrrole nitrogens is 1. The van der Waals surface area contributed by atoms with Crippen LogP contribution in [-0.2, 0) is 19.1 Å². The van der Waals surface area contributed by atoms with Crippen LogP contribution in [-0.4, -0.2) is 44.2 Å².